The smallest absolute Gasteiger partial charge is 0.420 e. The first-order chi connectivity index (χ1) is 15.2. The Balaban J connectivity index is 1.67. The summed E-state index contributed by atoms with van der Waals surface area (Å²) < 4.78 is 58.8. The number of phenolic OH excluding ortho intramolecular Hbond substituents is 1. The summed E-state index contributed by atoms with van der Waals surface area (Å²) in [7, 11) is 0. The van der Waals surface area contributed by atoms with E-state index < -0.39 is 29.2 Å². The second-order valence-electron chi connectivity index (χ2n) is 6.85. The van der Waals surface area contributed by atoms with Crippen molar-refractivity contribution >= 4 is 23.2 Å². The maximum absolute atomic E-state index is 13.6. The minimum atomic E-state index is -4.76. The molecule has 0 bridgehead atoms. The number of benzene rings is 3. The molecule has 0 radical (unpaired) electrons. The van der Waals surface area contributed by atoms with Crippen molar-refractivity contribution in [2.24, 2.45) is 0 Å². The second kappa shape index (κ2) is 7.74. The zero-order valence-corrected chi connectivity index (χ0v) is 16.0. The summed E-state index contributed by atoms with van der Waals surface area (Å²) in [6, 6.07) is 12.0. The number of nitrogens with one attached hydrogen (secondary N) is 1. The fourth-order valence-electron chi connectivity index (χ4n) is 3.21. The number of fused-ring (bicyclic) bond motifs is 1. The molecule has 0 aromatic heterocycles. The lowest BCUT2D eigenvalue weighted by molar-refractivity contribution is -0.138. The summed E-state index contributed by atoms with van der Waals surface area (Å²) in [5.41, 5.74) is -0.278. The fourth-order valence-corrected chi connectivity index (χ4v) is 3.21. The first-order valence-electron chi connectivity index (χ1n) is 9.11. The van der Waals surface area contributed by atoms with E-state index in [2.05, 4.69) is 5.32 Å². The van der Waals surface area contributed by atoms with Gasteiger partial charge in [0.2, 0.25) is 0 Å². The van der Waals surface area contributed by atoms with Crippen molar-refractivity contribution in [3.05, 3.63) is 82.7 Å². The maximum Gasteiger partial charge on any atom is 0.420 e. The van der Waals surface area contributed by atoms with Crippen LogP contribution in [-0.2, 0) is 11.0 Å². The predicted molar refractivity (Wildman–Crippen MR) is 107 cm³/mol. The number of aromatic hydroxyl groups is 1. The third-order valence-electron chi connectivity index (χ3n) is 4.71. The fraction of sp³-hybridized carbons (Fsp3) is 0.0435. The molecule has 0 saturated carbocycles. The van der Waals surface area contributed by atoms with Gasteiger partial charge in [0, 0.05) is 28.5 Å². The number of hydrogen-bond acceptors (Lipinski definition) is 4. The van der Waals surface area contributed by atoms with E-state index >= 15 is 0 Å². The van der Waals surface area contributed by atoms with Crippen LogP contribution in [0.4, 0.5) is 23.2 Å². The number of carbonyl (C=O) groups excluding carboxylic acids is 1. The SMILES string of the molecule is N#Cc1ccc(Oc2ccc(C=C3C(=O)Nc4ccc(F)cc43)c(O)c2)c(C(F)(F)F)c1. The van der Waals surface area contributed by atoms with Crippen LogP contribution in [0.25, 0.3) is 11.6 Å². The molecule has 160 valence electrons. The molecule has 1 amide bonds. The summed E-state index contributed by atoms with van der Waals surface area (Å²) in [5.74, 6) is -2.03. The molecule has 0 aliphatic carbocycles. The average molecular weight is 440 g/mol. The lowest BCUT2D eigenvalue weighted by Crippen LogP contribution is -2.07. The van der Waals surface area contributed by atoms with Crippen molar-refractivity contribution in [3.63, 3.8) is 0 Å². The number of alkyl halides is 3. The van der Waals surface area contributed by atoms with E-state index in [0.717, 1.165) is 12.1 Å². The number of phenols is 1. The van der Waals surface area contributed by atoms with Gasteiger partial charge in [-0.05, 0) is 54.6 Å². The molecule has 3 aromatic carbocycles. The summed E-state index contributed by atoms with van der Waals surface area (Å²) in [4.78, 5) is 12.2. The quantitative estimate of drug-likeness (QED) is 0.404. The van der Waals surface area contributed by atoms with Gasteiger partial charge < -0.3 is 15.2 Å². The number of hydrogen-bond donors (Lipinski definition) is 2. The van der Waals surface area contributed by atoms with Gasteiger partial charge in [-0.1, -0.05) is 0 Å². The third kappa shape index (κ3) is 3.98. The van der Waals surface area contributed by atoms with E-state index in [1.165, 1.54) is 42.5 Å². The third-order valence-corrected chi connectivity index (χ3v) is 4.71. The molecule has 32 heavy (non-hydrogen) atoms. The molecule has 0 fully saturated rings. The molecule has 0 saturated heterocycles. The molecule has 0 spiro atoms. The second-order valence-corrected chi connectivity index (χ2v) is 6.85. The van der Waals surface area contributed by atoms with E-state index in [9.17, 15) is 27.5 Å². The maximum atomic E-state index is 13.6. The van der Waals surface area contributed by atoms with Gasteiger partial charge in [0.1, 0.15) is 23.1 Å². The van der Waals surface area contributed by atoms with Crippen molar-refractivity contribution in [2.75, 3.05) is 5.32 Å². The zero-order valence-electron chi connectivity index (χ0n) is 16.0. The van der Waals surface area contributed by atoms with Crippen molar-refractivity contribution in [3.8, 4) is 23.3 Å². The minimum Gasteiger partial charge on any atom is -0.507 e. The van der Waals surface area contributed by atoms with Crippen LogP contribution in [0.5, 0.6) is 17.2 Å². The highest BCUT2D eigenvalue weighted by atomic mass is 19.4. The number of rotatable bonds is 3. The number of ether oxygens (including phenoxy) is 1. The first kappa shape index (κ1) is 20.9. The van der Waals surface area contributed by atoms with Crippen LogP contribution in [0.1, 0.15) is 22.3 Å². The van der Waals surface area contributed by atoms with Gasteiger partial charge in [0.25, 0.3) is 5.91 Å². The standard InChI is InChI=1S/C23H12F4N2O3/c24-14-3-5-19-16(9-14)17(22(31)29-19)8-13-2-4-15(10-20(13)30)32-21-6-1-12(11-28)7-18(21)23(25,26)27/h1-10,30H,(H,29,31). The summed E-state index contributed by atoms with van der Waals surface area (Å²) in [6.45, 7) is 0. The minimum absolute atomic E-state index is 0.0952. The van der Waals surface area contributed by atoms with Gasteiger partial charge in [-0.15, -0.1) is 0 Å². The Morgan fingerprint density at radius 3 is 2.53 bits per heavy atom. The van der Waals surface area contributed by atoms with Crippen LogP contribution in [0.2, 0.25) is 0 Å². The van der Waals surface area contributed by atoms with E-state index in [4.69, 9.17) is 10.00 Å². The Morgan fingerprint density at radius 1 is 1.06 bits per heavy atom. The van der Waals surface area contributed by atoms with E-state index in [1.807, 2.05) is 0 Å². The number of nitriles is 1. The molecule has 4 rings (SSSR count). The topological polar surface area (TPSA) is 82.3 Å². The average Bonchev–Trinajstić information content (AvgIpc) is 3.04. The van der Waals surface area contributed by atoms with Gasteiger partial charge in [-0.2, -0.15) is 18.4 Å². The van der Waals surface area contributed by atoms with E-state index in [-0.39, 0.29) is 28.2 Å². The van der Waals surface area contributed by atoms with Crippen molar-refractivity contribution in [1.82, 2.24) is 0 Å². The molecule has 1 aliphatic heterocycles. The number of amides is 1. The van der Waals surface area contributed by atoms with Crippen molar-refractivity contribution in [2.45, 2.75) is 6.18 Å². The molecule has 1 aliphatic rings. The Morgan fingerprint density at radius 2 is 1.84 bits per heavy atom. The Kier molecular flexibility index (Phi) is 5.06. The summed E-state index contributed by atoms with van der Waals surface area (Å²) >= 11 is 0. The molecule has 3 aromatic rings. The summed E-state index contributed by atoms with van der Waals surface area (Å²) in [6.07, 6.45) is -3.42. The number of halogens is 4. The van der Waals surface area contributed by atoms with Gasteiger partial charge >= 0.3 is 6.18 Å². The number of anilines is 1. The van der Waals surface area contributed by atoms with Crippen LogP contribution in [0.3, 0.4) is 0 Å². The summed E-state index contributed by atoms with van der Waals surface area (Å²) in [5, 5.41) is 21.8. The zero-order chi connectivity index (χ0) is 23.0. The van der Waals surface area contributed by atoms with Gasteiger partial charge in [-0.3, -0.25) is 4.79 Å². The number of carbonyl (C=O) groups is 1. The lowest BCUT2D eigenvalue weighted by Gasteiger charge is -2.14. The van der Waals surface area contributed by atoms with Gasteiger partial charge in [-0.25, -0.2) is 4.39 Å². The Hall–Kier alpha value is -4.32. The molecular formula is C23H12F4N2O3. The molecule has 9 heteroatoms. The lowest BCUT2D eigenvalue weighted by atomic mass is 10.0. The highest BCUT2D eigenvalue weighted by Gasteiger charge is 2.35. The highest BCUT2D eigenvalue weighted by molar-refractivity contribution is 6.35. The number of nitrogens with zero attached hydrogens (tertiary/aromatic N) is 1. The largest absolute Gasteiger partial charge is 0.507 e. The Labute approximate surface area is 178 Å². The Bertz CT molecular complexity index is 1320. The van der Waals surface area contributed by atoms with Gasteiger partial charge in [0.15, 0.2) is 0 Å². The molecule has 0 unspecified atom stereocenters. The first-order valence-corrected chi connectivity index (χ1v) is 9.11. The van der Waals surface area contributed by atoms with Crippen molar-refractivity contribution in [1.29, 1.82) is 5.26 Å². The van der Waals surface area contributed by atoms with Crippen molar-refractivity contribution < 1.29 is 32.2 Å². The monoisotopic (exact) mass is 440 g/mol. The normalized spacial score (nSPS) is 14.1. The molecule has 1 heterocycles. The van der Waals surface area contributed by atoms with Crippen LogP contribution >= 0.6 is 0 Å². The molecular weight excluding hydrogens is 428 g/mol. The highest BCUT2D eigenvalue weighted by Crippen LogP contribution is 2.40. The molecule has 5 nitrogen and oxygen atoms in total. The predicted octanol–water partition coefficient (Wildman–Crippen LogP) is 5.71. The van der Waals surface area contributed by atoms with Crippen LogP contribution in [0, 0.1) is 17.1 Å². The van der Waals surface area contributed by atoms with E-state index in [1.54, 1.807) is 6.07 Å². The van der Waals surface area contributed by atoms with E-state index in [0.29, 0.717) is 17.3 Å². The van der Waals surface area contributed by atoms with Gasteiger partial charge in [0.05, 0.1) is 17.2 Å². The van der Waals surface area contributed by atoms with Crippen LogP contribution in [-0.4, -0.2) is 11.0 Å². The van der Waals surface area contributed by atoms with Crippen LogP contribution in [0.15, 0.2) is 54.6 Å². The molecule has 0 atom stereocenters. The molecule has 2 N–H and O–H groups in total. The van der Waals surface area contributed by atoms with Crippen LogP contribution < -0.4 is 10.1 Å².